The molecule has 0 aromatic heterocycles. The first-order chi connectivity index (χ1) is 15.7. The normalized spacial score (nSPS) is 11.3. The number of amides is 1. The number of sulfonamides is 1. The molecular weight excluding hydrogens is 460 g/mol. The average Bonchev–Trinajstić information content (AvgIpc) is 2.78. The van der Waals surface area contributed by atoms with Gasteiger partial charge >= 0.3 is 0 Å². The van der Waals surface area contributed by atoms with Crippen molar-refractivity contribution >= 4 is 33.2 Å². The predicted molar refractivity (Wildman–Crippen MR) is 132 cm³/mol. The number of hydrogen-bond acceptors (Lipinski definition) is 4. The molecule has 0 saturated carbocycles. The topological polar surface area (TPSA) is 84.5 Å². The first-order valence-electron chi connectivity index (χ1n) is 10.7. The number of benzene rings is 3. The summed E-state index contributed by atoms with van der Waals surface area (Å²) in [6.45, 7) is 4.46. The molecule has 6 nitrogen and oxygen atoms in total. The van der Waals surface area contributed by atoms with E-state index in [-0.39, 0.29) is 33.2 Å². The van der Waals surface area contributed by atoms with Crippen molar-refractivity contribution in [2.24, 2.45) is 0 Å². The second-order valence-electron chi connectivity index (χ2n) is 7.78. The molecule has 3 rings (SSSR count). The Morgan fingerprint density at radius 3 is 2.33 bits per heavy atom. The smallest absolute Gasteiger partial charge is 0.261 e. The largest absolute Gasteiger partial charge is 0.491 e. The number of ether oxygens (including phenoxy) is 1. The Morgan fingerprint density at radius 2 is 1.70 bits per heavy atom. The van der Waals surface area contributed by atoms with Crippen LogP contribution in [0.25, 0.3) is 0 Å². The molecule has 33 heavy (non-hydrogen) atoms. The molecule has 0 bridgehead atoms. The van der Waals surface area contributed by atoms with Crippen LogP contribution in [0.1, 0.15) is 36.2 Å². The number of carbonyl (C=O) groups is 1. The molecule has 0 aliphatic carbocycles. The quantitative estimate of drug-likeness (QED) is 0.381. The van der Waals surface area contributed by atoms with Gasteiger partial charge in [-0.3, -0.25) is 9.52 Å². The SMILES string of the molecule is CC(C)Oc1ccc(CCCNC(=O)c2ccc(NS(=O)(=O)c3ccccc3)cc2Cl)cc1. The molecule has 3 aromatic carbocycles. The van der Waals surface area contributed by atoms with Crippen LogP contribution in [-0.2, 0) is 16.4 Å². The molecule has 0 spiro atoms. The lowest BCUT2D eigenvalue weighted by atomic mass is 10.1. The minimum absolute atomic E-state index is 0.135. The molecule has 0 aliphatic heterocycles. The summed E-state index contributed by atoms with van der Waals surface area (Å²) in [5, 5.41) is 3.02. The van der Waals surface area contributed by atoms with Gasteiger partial charge in [0.1, 0.15) is 5.75 Å². The van der Waals surface area contributed by atoms with Crippen molar-refractivity contribution in [2.45, 2.75) is 37.7 Å². The van der Waals surface area contributed by atoms with Crippen molar-refractivity contribution < 1.29 is 17.9 Å². The third-order valence-corrected chi connectivity index (χ3v) is 6.45. The van der Waals surface area contributed by atoms with E-state index < -0.39 is 10.0 Å². The number of carbonyl (C=O) groups excluding carboxylic acids is 1. The van der Waals surface area contributed by atoms with Crippen LogP contribution in [-0.4, -0.2) is 27.0 Å². The van der Waals surface area contributed by atoms with Crippen LogP contribution in [0.3, 0.4) is 0 Å². The summed E-state index contributed by atoms with van der Waals surface area (Å²) in [5.41, 5.74) is 1.73. The summed E-state index contributed by atoms with van der Waals surface area (Å²) in [4.78, 5) is 12.6. The van der Waals surface area contributed by atoms with Gasteiger partial charge in [0.15, 0.2) is 0 Å². The van der Waals surface area contributed by atoms with Gasteiger partial charge in [0.2, 0.25) is 0 Å². The Morgan fingerprint density at radius 1 is 1.00 bits per heavy atom. The summed E-state index contributed by atoms with van der Waals surface area (Å²) in [6, 6.07) is 20.4. The zero-order valence-corrected chi connectivity index (χ0v) is 20.1. The molecule has 1 amide bonds. The van der Waals surface area contributed by atoms with E-state index >= 15 is 0 Å². The van der Waals surface area contributed by atoms with Crippen molar-refractivity contribution in [1.29, 1.82) is 0 Å². The van der Waals surface area contributed by atoms with Crippen molar-refractivity contribution in [1.82, 2.24) is 5.32 Å². The molecule has 0 saturated heterocycles. The first kappa shape index (κ1) is 24.6. The highest BCUT2D eigenvalue weighted by atomic mass is 35.5. The van der Waals surface area contributed by atoms with E-state index in [0.29, 0.717) is 6.54 Å². The third-order valence-electron chi connectivity index (χ3n) is 4.74. The molecule has 0 heterocycles. The fourth-order valence-electron chi connectivity index (χ4n) is 3.17. The predicted octanol–water partition coefficient (Wildman–Crippen LogP) is 5.29. The summed E-state index contributed by atoms with van der Waals surface area (Å²) in [7, 11) is -3.73. The van der Waals surface area contributed by atoms with Crippen LogP contribution in [0.5, 0.6) is 5.75 Å². The highest BCUT2D eigenvalue weighted by Crippen LogP contribution is 2.23. The maximum absolute atomic E-state index is 12.5. The first-order valence-corrected chi connectivity index (χ1v) is 12.5. The van der Waals surface area contributed by atoms with Crippen LogP contribution in [0.2, 0.25) is 5.02 Å². The summed E-state index contributed by atoms with van der Waals surface area (Å²) in [5.74, 6) is 0.532. The summed E-state index contributed by atoms with van der Waals surface area (Å²) in [6.07, 6.45) is 1.72. The van der Waals surface area contributed by atoms with Gasteiger partial charge in [-0.15, -0.1) is 0 Å². The second-order valence-corrected chi connectivity index (χ2v) is 9.87. The van der Waals surface area contributed by atoms with Gasteiger partial charge < -0.3 is 10.1 Å². The molecule has 0 radical (unpaired) electrons. The number of aryl methyl sites for hydroxylation is 1. The molecule has 0 unspecified atom stereocenters. The number of nitrogens with one attached hydrogen (secondary N) is 2. The van der Waals surface area contributed by atoms with E-state index in [9.17, 15) is 13.2 Å². The van der Waals surface area contributed by atoms with Gasteiger partial charge in [0, 0.05) is 6.54 Å². The van der Waals surface area contributed by atoms with E-state index in [1.54, 1.807) is 18.2 Å². The highest BCUT2D eigenvalue weighted by molar-refractivity contribution is 7.92. The zero-order valence-electron chi connectivity index (χ0n) is 18.5. The molecule has 0 fully saturated rings. The van der Waals surface area contributed by atoms with Crippen molar-refractivity contribution in [3.05, 3.63) is 88.9 Å². The third kappa shape index (κ3) is 7.23. The molecule has 3 aromatic rings. The van der Waals surface area contributed by atoms with Gasteiger partial charge in [0.25, 0.3) is 15.9 Å². The van der Waals surface area contributed by atoms with E-state index in [4.69, 9.17) is 16.3 Å². The van der Waals surface area contributed by atoms with Crippen molar-refractivity contribution in [3.8, 4) is 5.75 Å². The van der Waals surface area contributed by atoms with Crippen LogP contribution >= 0.6 is 11.6 Å². The zero-order chi connectivity index (χ0) is 23.8. The molecular formula is C25H27ClN2O4S. The molecule has 8 heteroatoms. The Hall–Kier alpha value is -3.03. The second kappa shape index (κ2) is 11.2. The molecule has 174 valence electrons. The van der Waals surface area contributed by atoms with Crippen molar-refractivity contribution in [3.63, 3.8) is 0 Å². The maximum atomic E-state index is 12.5. The average molecular weight is 487 g/mol. The number of hydrogen-bond donors (Lipinski definition) is 2. The van der Waals surface area contributed by atoms with Gasteiger partial charge in [-0.1, -0.05) is 41.9 Å². The number of anilines is 1. The Kier molecular flexibility index (Phi) is 8.36. The Labute approximate surface area is 200 Å². The van der Waals surface area contributed by atoms with Gasteiger partial charge in [0.05, 0.1) is 27.3 Å². The Balaban J connectivity index is 1.51. The summed E-state index contributed by atoms with van der Waals surface area (Å²) >= 11 is 6.25. The van der Waals surface area contributed by atoms with Gasteiger partial charge in [-0.25, -0.2) is 8.42 Å². The van der Waals surface area contributed by atoms with Crippen LogP contribution in [0.4, 0.5) is 5.69 Å². The van der Waals surface area contributed by atoms with E-state index in [1.807, 2.05) is 38.1 Å². The van der Waals surface area contributed by atoms with E-state index in [2.05, 4.69) is 10.0 Å². The molecule has 2 N–H and O–H groups in total. The van der Waals surface area contributed by atoms with Gasteiger partial charge in [-0.2, -0.15) is 0 Å². The highest BCUT2D eigenvalue weighted by Gasteiger charge is 2.16. The van der Waals surface area contributed by atoms with Crippen LogP contribution < -0.4 is 14.8 Å². The molecule has 0 aliphatic rings. The fourth-order valence-corrected chi connectivity index (χ4v) is 4.51. The lowest BCUT2D eigenvalue weighted by Crippen LogP contribution is -2.25. The van der Waals surface area contributed by atoms with Crippen LogP contribution in [0.15, 0.2) is 77.7 Å². The molecule has 0 atom stereocenters. The lowest BCUT2D eigenvalue weighted by Gasteiger charge is -2.11. The Bertz CT molecular complexity index is 1180. The number of halogens is 1. The minimum atomic E-state index is -3.73. The standard InChI is InChI=1S/C25H27ClN2O4S/c1-18(2)32-21-13-10-19(11-14-21)7-6-16-27-25(29)23-15-12-20(17-24(23)26)28-33(30,31)22-8-4-3-5-9-22/h3-5,8-15,17-18,28H,6-7,16H2,1-2H3,(H,27,29). The fraction of sp³-hybridized carbons (Fsp3) is 0.240. The van der Waals surface area contributed by atoms with E-state index in [1.165, 1.54) is 30.3 Å². The van der Waals surface area contributed by atoms with E-state index in [0.717, 1.165) is 24.2 Å². The van der Waals surface area contributed by atoms with Gasteiger partial charge in [-0.05, 0) is 74.7 Å². The van der Waals surface area contributed by atoms with Crippen LogP contribution in [0, 0.1) is 0 Å². The monoisotopic (exact) mass is 486 g/mol. The summed E-state index contributed by atoms with van der Waals surface area (Å²) < 4.78 is 33.0. The van der Waals surface area contributed by atoms with Crippen molar-refractivity contribution in [2.75, 3.05) is 11.3 Å². The number of rotatable bonds is 10. The maximum Gasteiger partial charge on any atom is 0.261 e. The minimum Gasteiger partial charge on any atom is -0.491 e. The lowest BCUT2D eigenvalue weighted by molar-refractivity contribution is 0.0953.